The maximum atomic E-state index is 14.3. The third-order valence-electron chi connectivity index (χ3n) is 4.21. The van der Waals surface area contributed by atoms with Crippen LogP contribution in [0.1, 0.15) is 22.8 Å². The number of benzene rings is 3. The SMILES string of the molecule is CCOC(=O)C=Cc1cccc(NC(=O)c2cc(-c3cccc(Cl)c3)ccc2F)c1. The van der Waals surface area contributed by atoms with Crippen LogP contribution in [0.15, 0.2) is 72.8 Å². The first-order valence-corrected chi connectivity index (χ1v) is 9.66. The van der Waals surface area contributed by atoms with Gasteiger partial charge in [0.2, 0.25) is 0 Å². The van der Waals surface area contributed by atoms with Gasteiger partial charge in [0, 0.05) is 16.8 Å². The van der Waals surface area contributed by atoms with Crippen molar-refractivity contribution >= 4 is 35.2 Å². The van der Waals surface area contributed by atoms with Crippen molar-refractivity contribution in [1.82, 2.24) is 0 Å². The third kappa shape index (κ3) is 5.55. The summed E-state index contributed by atoms with van der Waals surface area (Å²) in [5, 5.41) is 3.24. The molecule has 0 saturated heterocycles. The predicted octanol–water partition coefficient (Wildman–Crippen LogP) is 5.97. The molecule has 0 atom stereocenters. The molecular weight excluding hydrogens is 405 g/mol. The maximum Gasteiger partial charge on any atom is 0.330 e. The van der Waals surface area contributed by atoms with Gasteiger partial charge in [-0.2, -0.15) is 0 Å². The molecule has 4 nitrogen and oxygen atoms in total. The van der Waals surface area contributed by atoms with Crippen molar-refractivity contribution in [3.8, 4) is 11.1 Å². The number of anilines is 1. The van der Waals surface area contributed by atoms with Gasteiger partial charge < -0.3 is 10.1 Å². The van der Waals surface area contributed by atoms with Crippen LogP contribution in [0.25, 0.3) is 17.2 Å². The zero-order chi connectivity index (χ0) is 21.5. The molecule has 0 spiro atoms. The lowest BCUT2D eigenvalue weighted by molar-refractivity contribution is -0.137. The van der Waals surface area contributed by atoms with Gasteiger partial charge in [-0.3, -0.25) is 4.79 Å². The Morgan fingerprint density at radius 3 is 2.57 bits per heavy atom. The van der Waals surface area contributed by atoms with Gasteiger partial charge in [-0.1, -0.05) is 41.9 Å². The van der Waals surface area contributed by atoms with Crippen LogP contribution in [0.5, 0.6) is 0 Å². The summed E-state index contributed by atoms with van der Waals surface area (Å²) in [7, 11) is 0. The molecule has 3 aromatic carbocycles. The number of carbonyl (C=O) groups is 2. The van der Waals surface area contributed by atoms with Crippen molar-refractivity contribution in [2.24, 2.45) is 0 Å². The average molecular weight is 424 g/mol. The van der Waals surface area contributed by atoms with Gasteiger partial charge in [-0.15, -0.1) is 0 Å². The fraction of sp³-hybridized carbons (Fsp3) is 0.0833. The van der Waals surface area contributed by atoms with E-state index >= 15 is 0 Å². The largest absolute Gasteiger partial charge is 0.463 e. The first-order valence-electron chi connectivity index (χ1n) is 9.28. The van der Waals surface area contributed by atoms with Crippen LogP contribution in [0.4, 0.5) is 10.1 Å². The molecule has 30 heavy (non-hydrogen) atoms. The molecule has 0 aliphatic heterocycles. The number of hydrogen-bond donors (Lipinski definition) is 1. The smallest absolute Gasteiger partial charge is 0.330 e. The number of rotatable bonds is 6. The van der Waals surface area contributed by atoms with E-state index in [0.29, 0.717) is 28.4 Å². The van der Waals surface area contributed by atoms with Crippen molar-refractivity contribution in [2.45, 2.75) is 6.92 Å². The van der Waals surface area contributed by atoms with Crippen LogP contribution < -0.4 is 5.32 Å². The van der Waals surface area contributed by atoms with E-state index in [9.17, 15) is 14.0 Å². The highest BCUT2D eigenvalue weighted by atomic mass is 35.5. The van der Waals surface area contributed by atoms with E-state index in [1.54, 1.807) is 61.5 Å². The maximum absolute atomic E-state index is 14.3. The number of amides is 1. The summed E-state index contributed by atoms with van der Waals surface area (Å²) in [5.41, 5.74) is 2.53. The van der Waals surface area contributed by atoms with E-state index in [1.807, 2.05) is 6.07 Å². The molecule has 1 amide bonds. The molecule has 0 aliphatic rings. The van der Waals surface area contributed by atoms with Gasteiger partial charge in [0.15, 0.2) is 0 Å². The molecule has 0 radical (unpaired) electrons. The molecule has 0 unspecified atom stereocenters. The van der Waals surface area contributed by atoms with E-state index < -0.39 is 17.7 Å². The number of hydrogen-bond acceptors (Lipinski definition) is 3. The average Bonchev–Trinajstić information content (AvgIpc) is 2.73. The van der Waals surface area contributed by atoms with Gasteiger partial charge in [0.1, 0.15) is 5.82 Å². The van der Waals surface area contributed by atoms with Gasteiger partial charge in [-0.25, -0.2) is 9.18 Å². The number of ether oxygens (including phenoxy) is 1. The summed E-state index contributed by atoms with van der Waals surface area (Å²) >= 11 is 6.03. The Balaban J connectivity index is 1.80. The van der Waals surface area contributed by atoms with E-state index in [2.05, 4.69) is 5.32 Å². The fourth-order valence-corrected chi connectivity index (χ4v) is 3.01. The van der Waals surface area contributed by atoms with Gasteiger partial charge in [0.25, 0.3) is 5.91 Å². The number of carbonyl (C=O) groups excluding carboxylic acids is 2. The van der Waals surface area contributed by atoms with Crippen molar-refractivity contribution in [3.63, 3.8) is 0 Å². The van der Waals surface area contributed by atoms with Crippen molar-refractivity contribution in [1.29, 1.82) is 0 Å². The molecule has 0 heterocycles. The Bertz CT molecular complexity index is 1110. The van der Waals surface area contributed by atoms with Crippen molar-refractivity contribution in [2.75, 3.05) is 11.9 Å². The molecule has 0 saturated carbocycles. The second kappa shape index (κ2) is 9.85. The second-order valence-electron chi connectivity index (χ2n) is 6.37. The standard InChI is InChI=1S/C24H19ClFNO3/c1-2-30-23(28)12-9-16-5-3-8-20(13-16)27-24(29)21-15-18(10-11-22(21)26)17-6-4-7-19(25)14-17/h3-15H,2H2,1H3,(H,27,29). The van der Waals surface area contributed by atoms with Crippen molar-refractivity contribution in [3.05, 3.63) is 94.8 Å². The number of esters is 1. The highest BCUT2D eigenvalue weighted by Gasteiger charge is 2.14. The molecule has 3 rings (SSSR count). The molecule has 0 bridgehead atoms. The Kier molecular flexibility index (Phi) is 6.99. The summed E-state index contributed by atoms with van der Waals surface area (Å²) in [6.07, 6.45) is 2.88. The Hall–Kier alpha value is -3.44. The summed E-state index contributed by atoms with van der Waals surface area (Å²) in [6.45, 7) is 2.02. The molecule has 152 valence electrons. The zero-order valence-corrected chi connectivity index (χ0v) is 16.9. The minimum atomic E-state index is -0.628. The van der Waals surface area contributed by atoms with Crippen LogP contribution in [0.3, 0.4) is 0 Å². The first kappa shape index (κ1) is 21.3. The lowest BCUT2D eigenvalue weighted by Crippen LogP contribution is -2.14. The van der Waals surface area contributed by atoms with E-state index in [-0.39, 0.29) is 5.56 Å². The number of halogens is 2. The van der Waals surface area contributed by atoms with Gasteiger partial charge in [-0.05, 0) is 66.1 Å². The van der Waals surface area contributed by atoms with Crippen LogP contribution in [-0.2, 0) is 9.53 Å². The summed E-state index contributed by atoms with van der Waals surface area (Å²) in [5.74, 6) is -1.66. The highest BCUT2D eigenvalue weighted by molar-refractivity contribution is 6.30. The molecule has 0 aromatic heterocycles. The van der Waals surface area contributed by atoms with Gasteiger partial charge >= 0.3 is 5.97 Å². The monoisotopic (exact) mass is 423 g/mol. The minimum Gasteiger partial charge on any atom is -0.463 e. The molecule has 0 fully saturated rings. The van der Waals surface area contributed by atoms with E-state index in [4.69, 9.17) is 16.3 Å². The second-order valence-corrected chi connectivity index (χ2v) is 6.81. The highest BCUT2D eigenvalue weighted by Crippen LogP contribution is 2.25. The lowest BCUT2D eigenvalue weighted by atomic mass is 10.0. The quantitative estimate of drug-likeness (QED) is 0.392. The Morgan fingerprint density at radius 1 is 1.03 bits per heavy atom. The fourth-order valence-electron chi connectivity index (χ4n) is 2.82. The van der Waals surface area contributed by atoms with E-state index in [0.717, 1.165) is 5.56 Å². The first-order chi connectivity index (χ1) is 14.5. The number of nitrogens with one attached hydrogen (secondary N) is 1. The lowest BCUT2D eigenvalue weighted by Gasteiger charge is -2.09. The summed E-state index contributed by atoms with van der Waals surface area (Å²) < 4.78 is 19.2. The van der Waals surface area contributed by atoms with Crippen LogP contribution in [0.2, 0.25) is 5.02 Å². The molecule has 0 aliphatic carbocycles. The normalized spacial score (nSPS) is 10.8. The topological polar surface area (TPSA) is 55.4 Å². The molecular formula is C24H19ClFNO3. The summed E-state index contributed by atoms with van der Waals surface area (Å²) in [6, 6.07) is 18.3. The van der Waals surface area contributed by atoms with Crippen LogP contribution in [-0.4, -0.2) is 18.5 Å². The minimum absolute atomic E-state index is 0.0834. The van der Waals surface area contributed by atoms with Crippen molar-refractivity contribution < 1.29 is 18.7 Å². The predicted molar refractivity (Wildman–Crippen MR) is 117 cm³/mol. The Labute approximate surface area is 179 Å². The zero-order valence-electron chi connectivity index (χ0n) is 16.2. The molecule has 3 aromatic rings. The third-order valence-corrected chi connectivity index (χ3v) is 4.45. The Morgan fingerprint density at radius 2 is 1.80 bits per heavy atom. The molecule has 1 N–H and O–H groups in total. The van der Waals surface area contributed by atoms with E-state index in [1.165, 1.54) is 18.2 Å². The summed E-state index contributed by atoms with van der Waals surface area (Å²) in [4.78, 5) is 24.1. The van der Waals surface area contributed by atoms with Gasteiger partial charge in [0.05, 0.1) is 12.2 Å². The van der Waals surface area contributed by atoms with Crippen LogP contribution in [0, 0.1) is 5.82 Å². The van der Waals surface area contributed by atoms with Crippen LogP contribution >= 0.6 is 11.6 Å². The molecule has 6 heteroatoms.